The molecule has 4 rings (SSSR count). The number of hydrogen-bond acceptors (Lipinski definition) is 4. The zero-order chi connectivity index (χ0) is 21.1. The molecule has 0 N–H and O–H groups in total. The van der Waals surface area contributed by atoms with Gasteiger partial charge < -0.3 is 9.64 Å². The quantitative estimate of drug-likeness (QED) is 0.621. The first-order chi connectivity index (χ1) is 14.6. The Labute approximate surface area is 178 Å². The molecular weight excluding hydrogens is 378 g/mol. The summed E-state index contributed by atoms with van der Waals surface area (Å²) in [6, 6.07) is 9.81. The fraction of sp³-hybridized carbons (Fsp3) is 0.542. The number of carbonyl (C=O) groups is 2. The first-order valence-electron chi connectivity index (χ1n) is 11.3. The van der Waals surface area contributed by atoms with E-state index in [4.69, 9.17) is 4.74 Å². The standard InChI is InChI=1S/C24H31N3O3/c1-3-26(19-8-6-5-7-9-19)23(28)18-12-14-20(15-13-18)27-22(17-10-11-17)16-21(25-27)24(29)30-4-2/h12-17,19H,3-11H2,1-2H3. The molecule has 2 aliphatic carbocycles. The molecule has 160 valence electrons. The molecule has 2 saturated carbocycles. The molecule has 0 atom stereocenters. The number of ether oxygens (including phenoxy) is 1. The summed E-state index contributed by atoms with van der Waals surface area (Å²) in [5, 5.41) is 4.51. The third kappa shape index (κ3) is 4.27. The minimum absolute atomic E-state index is 0.103. The molecule has 1 aromatic carbocycles. The number of hydrogen-bond donors (Lipinski definition) is 0. The lowest BCUT2D eigenvalue weighted by atomic mass is 9.93. The van der Waals surface area contributed by atoms with Crippen molar-refractivity contribution in [1.82, 2.24) is 14.7 Å². The van der Waals surface area contributed by atoms with Gasteiger partial charge in [-0.3, -0.25) is 4.79 Å². The zero-order valence-corrected chi connectivity index (χ0v) is 18.0. The van der Waals surface area contributed by atoms with E-state index in [9.17, 15) is 9.59 Å². The Morgan fingerprint density at radius 3 is 2.37 bits per heavy atom. The van der Waals surface area contributed by atoms with Crippen LogP contribution in [0.15, 0.2) is 30.3 Å². The number of carbonyl (C=O) groups excluding carboxylic acids is 2. The molecule has 0 unspecified atom stereocenters. The smallest absolute Gasteiger partial charge is 0.358 e. The number of nitrogens with zero attached hydrogens (tertiary/aromatic N) is 3. The molecular formula is C24H31N3O3. The SMILES string of the molecule is CCOC(=O)c1cc(C2CC2)n(-c2ccc(C(=O)N(CC)C3CCCCC3)cc2)n1. The normalized spacial score (nSPS) is 17.0. The van der Waals surface area contributed by atoms with Gasteiger partial charge in [0.15, 0.2) is 5.69 Å². The molecule has 6 nitrogen and oxygen atoms in total. The summed E-state index contributed by atoms with van der Waals surface area (Å²) in [6.45, 7) is 4.91. The van der Waals surface area contributed by atoms with E-state index in [1.54, 1.807) is 6.92 Å². The van der Waals surface area contributed by atoms with Crippen molar-refractivity contribution in [3.05, 3.63) is 47.3 Å². The highest BCUT2D eigenvalue weighted by atomic mass is 16.5. The van der Waals surface area contributed by atoms with Crippen molar-refractivity contribution in [2.75, 3.05) is 13.2 Å². The van der Waals surface area contributed by atoms with Crippen LogP contribution in [0.1, 0.15) is 91.3 Å². The van der Waals surface area contributed by atoms with Crippen LogP contribution in [0.4, 0.5) is 0 Å². The van der Waals surface area contributed by atoms with Gasteiger partial charge in [-0.15, -0.1) is 0 Å². The van der Waals surface area contributed by atoms with Crippen molar-refractivity contribution in [2.45, 2.75) is 70.8 Å². The Bertz CT molecular complexity index is 893. The minimum Gasteiger partial charge on any atom is -0.461 e. The van der Waals surface area contributed by atoms with Crippen LogP contribution in [0.2, 0.25) is 0 Å². The molecule has 30 heavy (non-hydrogen) atoms. The number of amides is 1. The Balaban J connectivity index is 1.56. The van der Waals surface area contributed by atoms with Crippen molar-refractivity contribution >= 4 is 11.9 Å². The topological polar surface area (TPSA) is 64.4 Å². The first-order valence-corrected chi connectivity index (χ1v) is 11.3. The third-order valence-electron chi connectivity index (χ3n) is 6.19. The molecule has 0 saturated heterocycles. The predicted molar refractivity (Wildman–Crippen MR) is 115 cm³/mol. The molecule has 1 heterocycles. The highest BCUT2D eigenvalue weighted by Crippen LogP contribution is 2.41. The van der Waals surface area contributed by atoms with Crippen LogP contribution in [0.25, 0.3) is 5.69 Å². The van der Waals surface area contributed by atoms with Crippen molar-refractivity contribution in [3.63, 3.8) is 0 Å². The first kappa shape index (κ1) is 20.6. The maximum absolute atomic E-state index is 13.1. The van der Waals surface area contributed by atoms with Crippen LogP contribution in [0.5, 0.6) is 0 Å². The molecule has 0 spiro atoms. The number of esters is 1. The number of benzene rings is 1. The average Bonchev–Trinajstić information content (AvgIpc) is 3.53. The molecule has 1 aromatic heterocycles. The molecule has 6 heteroatoms. The van der Waals surface area contributed by atoms with E-state index >= 15 is 0 Å². The molecule has 2 fully saturated rings. The number of aromatic nitrogens is 2. The fourth-order valence-corrected chi connectivity index (χ4v) is 4.45. The molecule has 0 aliphatic heterocycles. The largest absolute Gasteiger partial charge is 0.461 e. The van der Waals surface area contributed by atoms with Gasteiger partial charge in [0.25, 0.3) is 5.91 Å². The van der Waals surface area contributed by atoms with Gasteiger partial charge in [0.2, 0.25) is 0 Å². The van der Waals surface area contributed by atoms with Crippen LogP contribution in [0, 0.1) is 0 Å². The van der Waals surface area contributed by atoms with E-state index in [2.05, 4.69) is 12.0 Å². The van der Waals surface area contributed by atoms with E-state index in [0.717, 1.165) is 43.6 Å². The second-order valence-electron chi connectivity index (χ2n) is 8.29. The summed E-state index contributed by atoms with van der Waals surface area (Å²) in [4.78, 5) is 27.3. The monoisotopic (exact) mass is 409 g/mol. The predicted octanol–water partition coefficient (Wildman–Crippen LogP) is 4.72. The Kier molecular flexibility index (Phi) is 6.21. The van der Waals surface area contributed by atoms with E-state index in [1.165, 1.54) is 19.3 Å². The molecule has 1 amide bonds. The van der Waals surface area contributed by atoms with Crippen molar-refractivity contribution in [3.8, 4) is 5.69 Å². The lowest BCUT2D eigenvalue weighted by Gasteiger charge is -2.33. The van der Waals surface area contributed by atoms with Crippen LogP contribution in [-0.4, -0.2) is 45.8 Å². The van der Waals surface area contributed by atoms with Crippen LogP contribution >= 0.6 is 0 Å². The molecule has 2 aromatic rings. The number of rotatable bonds is 7. The minimum atomic E-state index is -0.393. The maximum atomic E-state index is 13.1. The Morgan fingerprint density at radius 2 is 1.77 bits per heavy atom. The van der Waals surface area contributed by atoms with Crippen LogP contribution in [-0.2, 0) is 4.74 Å². The third-order valence-corrected chi connectivity index (χ3v) is 6.19. The van der Waals surface area contributed by atoms with Crippen molar-refractivity contribution < 1.29 is 14.3 Å². The lowest BCUT2D eigenvalue weighted by Crippen LogP contribution is -2.41. The van der Waals surface area contributed by atoms with E-state index < -0.39 is 5.97 Å². The Morgan fingerprint density at radius 1 is 1.07 bits per heavy atom. The van der Waals surface area contributed by atoms with Gasteiger partial charge in [-0.05, 0) is 69.9 Å². The lowest BCUT2D eigenvalue weighted by molar-refractivity contribution is 0.0518. The van der Waals surface area contributed by atoms with Gasteiger partial charge >= 0.3 is 5.97 Å². The fourth-order valence-electron chi connectivity index (χ4n) is 4.45. The average molecular weight is 410 g/mol. The van der Waals surface area contributed by atoms with Gasteiger partial charge in [0.05, 0.1) is 12.3 Å². The van der Waals surface area contributed by atoms with Gasteiger partial charge in [0, 0.05) is 29.8 Å². The van der Waals surface area contributed by atoms with E-state index in [0.29, 0.717) is 29.8 Å². The highest BCUT2D eigenvalue weighted by molar-refractivity contribution is 5.94. The summed E-state index contributed by atoms with van der Waals surface area (Å²) >= 11 is 0. The maximum Gasteiger partial charge on any atom is 0.358 e. The second kappa shape index (κ2) is 9.02. The summed E-state index contributed by atoms with van der Waals surface area (Å²) in [6.07, 6.45) is 8.12. The molecule has 0 bridgehead atoms. The highest BCUT2D eigenvalue weighted by Gasteiger charge is 2.30. The van der Waals surface area contributed by atoms with E-state index in [-0.39, 0.29) is 5.91 Å². The molecule has 2 aliphatic rings. The van der Waals surface area contributed by atoms with Gasteiger partial charge in [0.1, 0.15) is 0 Å². The second-order valence-corrected chi connectivity index (χ2v) is 8.29. The van der Waals surface area contributed by atoms with Gasteiger partial charge in [-0.2, -0.15) is 5.10 Å². The van der Waals surface area contributed by atoms with Crippen LogP contribution < -0.4 is 0 Å². The van der Waals surface area contributed by atoms with Crippen molar-refractivity contribution in [1.29, 1.82) is 0 Å². The van der Waals surface area contributed by atoms with Crippen molar-refractivity contribution in [2.24, 2.45) is 0 Å². The zero-order valence-electron chi connectivity index (χ0n) is 18.0. The van der Waals surface area contributed by atoms with Gasteiger partial charge in [-0.1, -0.05) is 19.3 Å². The van der Waals surface area contributed by atoms with Crippen LogP contribution in [0.3, 0.4) is 0 Å². The molecule has 0 radical (unpaired) electrons. The Hall–Kier alpha value is -2.63. The summed E-state index contributed by atoms with van der Waals surface area (Å²) in [5.41, 5.74) is 2.95. The van der Waals surface area contributed by atoms with E-state index in [1.807, 2.05) is 39.9 Å². The summed E-state index contributed by atoms with van der Waals surface area (Å²) in [5.74, 6) is 0.144. The van der Waals surface area contributed by atoms with Gasteiger partial charge in [-0.25, -0.2) is 9.48 Å². The summed E-state index contributed by atoms with van der Waals surface area (Å²) in [7, 11) is 0. The summed E-state index contributed by atoms with van der Waals surface area (Å²) < 4.78 is 6.94.